The van der Waals surface area contributed by atoms with Gasteiger partial charge in [0.25, 0.3) is 5.69 Å². The predicted molar refractivity (Wildman–Crippen MR) is 104 cm³/mol. The molecule has 6 nitrogen and oxygen atoms in total. The van der Waals surface area contributed by atoms with Gasteiger partial charge in [-0.05, 0) is 41.9 Å². The first kappa shape index (κ1) is 20.1. The largest absolute Gasteiger partial charge is 0.454 e. The first-order chi connectivity index (χ1) is 13.8. The molecule has 0 radical (unpaired) electrons. The molecule has 0 fully saturated rings. The Bertz CT molecular complexity index is 1180. The summed E-state index contributed by atoms with van der Waals surface area (Å²) in [5.41, 5.74) is 5.41. The van der Waals surface area contributed by atoms with Crippen LogP contribution in [-0.2, 0) is 0 Å². The average Bonchev–Trinajstić information content (AvgIpc) is 3.16. The molecule has 4 aromatic rings. The van der Waals surface area contributed by atoms with E-state index in [9.17, 15) is 23.3 Å². The molecule has 2 N–H and O–H groups in total. The Morgan fingerprint density at radius 3 is 2.45 bits per heavy atom. The number of non-ortho nitro benzene ring substituents is 1. The molecular weight excluding hydrogens is 407 g/mol. The van der Waals surface area contributed by atoms with Crippen molar-refractivity contribution in [2.75, 3.05) is 5.73 Å². The molecule has 3 aromatic carbocycles. The van der Waals surface area contributed by atoms with Crippen molar-refractivity contribution in [2.45, 2.75) is 0 Å². The Morgan fingerprint density at radius 1 is 0.966 bits per heavy atom. The highest BCUT2D eigenvalue weighted by molar-refractivity contribution is 7.13. The standard InChI is InChI=1S/C13H9FN2OS.C6H3F2NO2/c14-10-6-8(15)4-5-12(10)17-11-2-1-3-13-9(11)7-16-18-13;7-5-2-1-4(9(10)11)3-6(5)8/h1-7H,15H2;1-3H. The van der Waals surface area contributed by atoms with Crippen molar-refractivity contribution in [1.82, 2.24) is 4.37 Å². The number of anilines is 1. The van der Waals surface area contributed by atoms with E-state index in [0.717, 1.165) is 16.2 Å². The van der Waals surface area contributed by atoms with Crippen LogP contribution in [0.4, 0.5) is 24.5 Å². The lowest BCUT2D eigenvalue weighted by atomic mass is 10.2. The van der Waals surface area contributed by atoms with E-state index in [4.69, 9.17) is 10.5 Å². The highest BCUT2D eigenvalue weighted by atomic mass is 32.1. The fourth-order valence-electron chi connectivity index (χ4n) is 2.27. The maximum Gasteiger partial charge on any atom is 0.272 e. The lowest BCUT2D eigenvalue weighted by molar-refractivity contribution is -0.385. The molecule has 0 aliphatic rings. The Kier molecular flexibility index (Phi) is 5.93. The first-order valence-electron chi connectivity index (χ1n) is 8.01. The minimum Gasteiger partial charge on any atom is -0.454 e. The van der Waals surface area contributed by atoms with Gasteiger partial charge in [-0.2, -0.15) is 4.37 Å². The summed E-state index contributed by atoms with van der Waals surface area (Å²) in [6.07, 6.45) is 1.71. The summed E-state index contributed by atoms with van der Waals surface area (Å²) in [5, 5.41) is 10.9. The van der Waals surface area contributed by atoms with Crippen LogP contribution >= 0.6 is 11.5 Å². The quantitative estimate of drug-likeness (QED) is 0.262. The number of hydrogen-bond donors (Lipinski definition) is 1. The van der Waals surface area contributed by atoms with E-state index >= 15 is 0 Å². The lowest BCUT2D eigenvalue weighted by Crippen LogP contribution is -1.91. The van der Waals surface area contributed by atoms with Gasteiger partial charge in [0, 0.05) is 17.8 Å². The fourth-order valence-corrected chi connectivity index (χ4v) is 2.94. The smallest absolute Gasteiger partial charge is 0.272 e. The van der Waals surface area contributed by atoms with Crippen LogP contribution in [0.1, 0.15) is 0 Å². The Balaban J connectivity index is 0.000000188. The number of benzene rings is 3. The van der Waals surface area contributed by atoms with Gasteiger partial charge in [0.05, 0.1) is 27.3 Å². The molecule has 0 saturated heterocycles. The second kappa shape index (κ2) is 8.57. The normalized spacial score (nSPS) is 10.3. The highest BCUT2D eigenvalue weighted by Crippen LogP contribution is 2.33. The summed E-state index contributed by atoms with van der Waals surface area (Å²) in [4.78, 5) is 9.19. The zero-order valence-corrected chi connectivity index (χ0v) is 15.3. The van der Waals surface area contributed by atoms with Gasteiger partial charge < -0.3 is 10.5 Å². The van der Waals surface area contributed by atoms with Gasteiger partial charge in [-0.3, -0.25) is 10.1 Å². The van der Waals surface area contributed by atoms with E-state index < -0.39 is 28.1 Å². The van der Waals surface area contributed by atoms with Crippen molar-refractivity contribution in [3.63, 3.8) is 0 Å². The highest BCUT2D eigenvalue weighted by Gasteiger charge is 2.10. The van der Waals surface area contributed by atoms with Gasteiger partial charge >= 0.3 is 0 Å². The van der Waals surface area contributed by atoms with Crippen LogP contribution in [-0.4, -0.2) is 9.30 Å². The summed E-state index contributed by atoms with van der Waals surface area (Å²) >= 11 is 1.37. The molecule has 0 amide bonds. The van der Waals surface area contributed by atoms with E-state index in [-0.39, 0.29) is 5.75 Å². The van der Waals surface area contributed by atoms with E-state index in [1.54, 1.807) is 18.3 Å². The number of rotatable bonds is 3. The summed E-state index contributed by atoms with van der Waals surface area (Å²) in [7, 11) is 0. The molecule has 1 heterocycles. The van der Waals surface area contributed by atoms with Crippen molar-refractivity contribution in [3.05, 3.63) is 88.4 Å². The van der Waals surface area contributed by atoms with Crippen molar-refractivity contribution in [1.29, 1.82) is 0 Å². The van der Waals surface area contributed by atoms with Gasteiger partial charge in [-0.25, -0.2) is 13.2 Å². The molecule has 0 saturated carbocycles. The van der Waals surface area contributed by atoms with Crippen molar-refractivity contribution >= 4 is 33.0 Å². The maximum atomic E-state index is 13.6. The topological polar surface area (TPSA) is 91.3 Å². The zero-order valence-electron chi connectivity index (χ0n) is 14.5. The maximum absolute atomic E-state index is 13.6. The van der Waals surface area contributed by atoms with Gasteiger partial charge in [0.15, 0.2) is 23.2 Å². The zero-order chi connectivity index (χ0) is 21.0. The number of nitrogens with zero attached hydrogens (tertiary/aromatic N) is 2. The minimum absolute atomic E-state index is 0.155. The molecule has 29 heavy (non-hydrogen) atoms. The van der Waals surface area contributed by atoms with Crippen LogP contribution in [0.15, 0.2) is 60.8 Å². The third-order valence-corrected chi connectivity index (χ3v) is 4.41. The Labute approximate surface area is 166 Å². The van der Waals surface area contributed by atoms with Crippen molar-refractivity contribution < 1.29 is 22.8 Å². The van der Waals surface area contributed by atoms with Crippen LogP contribution in [0.5, 0.6) is 11.5 Å². The van der Waals surface area contributed by atoms with Crippen LogP contribution in [0.3, 0.4) is 0 Å². The summed E-state index contributed by atoms with van der Waals surface area (Å²) in [6, 6.07) is 12.1. The summed E-state index contributed by atoms with van der Waals surface area (Å²) < 4.78 is 48.7. The Hall–Kier alpha value is -3.66. The average molecular weight is 419 g/mol. The number of nitro benzene ring substituents is 1. The number of ether oxygens (including phenoxy) is 1. The summed E-state index contributed by atoms with van der Waals surface area (Å²) in [6.45, 7) is 0. The molecule has 0 aliphatic heterocycles. The van der Waals surface area contributed by atoms with Gasteiger partial charge in [0.2, 0.25) is 0 Å². The van der Waals surface area contributed by atoms with E-state index in [1.807, 2.05) is 12.1 Å². The number of nitrogens with two attached hydrogens (primary N) is 1. The number of halogens is 3. The van der Waals surface area contributed by atoms with Crippen LogP contribution in [0, 0.1) is 27.6 Å². The molecule has 4 rings (SSSR count). The molecule has 0 spiro atoms. The van der Waals surface area contributed by atoms with Gasteiger partial charge in [0.1, 0.15) is 5.75 Å². The minimum atomic E-state index is -1.21. The Morgan fingerprint density at radius 2 is 1.76 bits per heavy atom. The third kappa shape index (κ3) is 4.79. The second-order valence-electron chi connectivity index (χ2n) is 5.64. The predicted octanol–water partition coefficient (Wildman–Crippen LogP) is 5.68. The van der Waals surface area contributed by atoms with E-state index in [1.165, 1.54) is 23.7 Å². The number of fused-ring (bicyclic) bond motifs is 1. The molecule has 1 aromatic heterocycles. The lowest BCUT2D eigenvalue weighted by Gasteiger charge is -2.07. The molecule has 0 atom stereocenters. The molecule has 0 aliphatic carbocycles. The van der Waals surface area contributed by atoms with E-state index in [0.29, 0.717) is 23.6 Å². The van der Waals surface area contributed by atoms with Gasteiger partial charge in [-0.15, -0.1) is 0 Å². The molecule has 148 valence electrons. The monoisotopic (exact) mass is 419 g/mol. The van der Waals surface area contributed by atoms with Crippen molar-refractivity contribution in [3.8, 4) is 11.5 Å². The third-order valence-electron chi connectivity index (χ3n) is 3.65. The SMILES string of the molecule is Nc1ccc(Oc2cccc3sncc23)c(F)c1.O=[N+]([O-])c1ccc(F)c(F)c1. The second-order valence-corrected chi connectivity index (χ2v) is 6.47. The van der Waals surface area contributed by atoms with Crippen molar-refractivity contribution in [2.24, 2.45) is 0 Å². The fraction of sp³-hybridized carbons (Fsp3) is 0. The number of aromatic nitrogens is 1. The molecule has 0 bridgehead atoms. The van der Waals surface area contributed by atoms with Crippen LogP contribution < -0.4 is 10.5 Å². The molecule has 0 unspecified atom stereocenters. The molecular formula is C19H12F3N3O3S. The first-order valence-corrected chi connectivity index (χ1v) is 8.78. The van der Waals surface area contributed by atoms with E-state index in [2.05, 4.69) is 4.37 Å². The number of nitro groups is 1. The number of hydrogen-bond acceptors (Lipinski definition) is 6. The summed E-state index contributed by atoms with van der Waals surface area (Å²) in [5.74, 6) is -2.03. The number of nitrogen functional groups attached to an aromatic ring is 1. The van der Waals surface area contributed by atoms with Crippen LogP contribution in [0.2, 0.25) is 0 Å². The van der Waals surface area contributed by atoms with Crippen LogP contribution in [0.25, 0.3) is 10.1 Å². The van der Waals surface area contributed by atoms with Gasteiger partial charge in [-0.1, -0.05) is 6.07 Å². The molecule has 10 heteroatoms.